The van der Waals surface area contributed by atoms with E-state index in [0.717, 1.165) is 19.4 Å². The number of methoxy groups -OCH3 is 1. The second-order valence-corrected chi connectivity index (χ2v) is 7.05. The van der Waals surface area contributed by atoms with Gasteiger partial charge in [-0.3, -0.25) is 14.2 Å². The van der Waals surface area contributed by atoms with Gasteiger partial charge in [0.15, 0.2) is 5.16 Å². The Labute approximate surface area is 144 Å². The van der Waals surface area contributed by atoms with E-state index in [1.165, 1.54) is 18.9 Å². The first-order valence-corrected chi connectivity index (χ1v) is 8.84. The van der Waals surface area contributed by atoms with E-state index in [2.05, 4.69) is 4.98 Å². The van der Waals surface area contributed by atoms with Gasteiger partial charge in [0.2, 0.25) is 0 Å². The molecule has 0 saturated carbocycles. The zero-order chi connectivity index (χ0) is 17.1. The third-order valence-electron chi connectivity index (χ3n) is 4.05. The monoisotopic (exact) mass is 348 g/mol. The molecule has 0 bridgehead atoms. The Morgan fingerprint density at radius 2 is 2.29 bits per heavy atom. The molecule has 1 aromatic carbocycles. The molecule has 1 aliphatic rings. The third-order valence-corrected chi connectivity index (χ3v) is 5.12. The smallest absolute Gasteiger partial charge is 0.318 e. The maximum atomic E-state index is 12.9. The largest absolute Gasteiger partial charge is 0.468 e. The van der Waals surface area contributed by atoms with E-state index in [9.17, 15) is 9.59 Å². The van der Waals surface area contributed by atoms with Crippen LogP contribution in [0.25, 0.3) is 10.9 Å². The number of benzene rings is 1. The molecule has 128 valence electrons. The fourth-order valence-electron chi connectivity index (χ4n) is 2.76. The van der Waals surface area contributed by atoms with Gasteiger partial charge in [-0.25, -0.2) is 4.98 Å². The maximum Gasteiger partial charge on any atom is 0.318 e. The van der Waals surface area contributed by atoms with E-state index < -0.39 is 5.25 Å². The number of hydrogen-bond acceptors (Lipinski definition) is 6. The van der Waals surface area contributed by atoms with E-state index in [1.54, 1.807) is 23.6 Å². The van der Waals surface area contributed by atoms with Gasteiger partial charge in [0.05, 0.1) is 30.7 Å². The Bertz CT molecular complexity index is 799. The summed E-state index contributed by atoms with van der Waals surface area (Å²) in [5.74, 6) is -0.342. The van der Waals surface area contributed by atoms with Crippen LogP contribution in [0.15, 0.2) is 34.2 Å². The second kappa shape index (κ2) is 7.36. The molecule has 1 aliphatic heterocycles. The Balaban J connectivity index is 2.03. The number of carbonyl (C=O) groups is 1. The van der Waals surface area contributed by atoms with Crippen molar-refractivity contribution in [1.29, 1.82) is 0 Å². The number of rotatable bonds is 5. The van der Waals surface area contributed by atoms with Gasteiger partial charge < -0.3 is 9.47 Å². The molecule has 0 N–H and O–H groups in total. The molecule has 6 nitrogen and oxygen atoms in total. The van der Waals surface area contributed by atoms with Crippen LogP contribution >= 0.6 is 11.8 Å². The van der Waals surface area contributed by atoms with Gasteiger partial charge in [-0.2, -0.15) is 0 Å². The molecule has 0 unspecified atom stereocenters. The molecule has 7 heteroatoms. The van der Waals surface area contributed by atoms with Crippen LogP contribution in [0, 0.1) is 0 Å². The van der Waals surface area contributed by atoms with E-state index in [1.807, 2.05) is 12.1 Å². The lowest BCUT2D eigenvalue weighted by Crippen LogP contribution is -2.29. The maximum absolute atomic E-state index is 12.9. The van der Waals surface area contributed by atoms with Gasteiger partial charge >= 0.3 is 5.97 Å². The first-order valence-electron chi connectivity index (χ1n) is 7.96. The summed E-state index contributed by atoms with van der Waals surface area (Å²) in [6.45, 7) is 2.92. The minimum atomic E-state index is -0.446. The van der Waals surface area contributed by atoms with E-state index in [-0.39, 0.29) is 17.6 Å². The van der Waals surface area contributed by atoms with Crippen molar-refractivity contribution in [1.82, 2.24) is 9.55 Å². The number of nitrogens with zero attached hydrogens (tertiary/aromatic N) is 2. The highest BCUT2D eigenvalue weighted by Crippen LogP contribution is 2.24. The number of carbonyl (C=O) groups excluding carboxylic acids is 1. The molecule has 1 aromatic heterocycles. The molecule has 2 heterocycles. The molecule has 0 spiro atoms. The first-order chi connectivity index (χ1) is 11.6. The first kappa shape index (κ1) is 17.0. The molecule has 3 rings (SSSR count). The van der Waals surface area contributed by atoms with Crippen LogP contribution in [0.3, 0.4) is 0 Å². The van der Waals surface area contributed by atoms with Crippen LogP contribution in [0.5, 0.6) is 0 Å². The topological polar surface area (TPSA) is 70.4 Å². The Morgan fingerprint density at radius 3 is 3.00 bits per heavy atom. The SMILES string of the molecule is COC(=O)[C@@H](C)Sc1nc2ccccc2c(=O)n1C[C@H]1CCCO1. The van der Waals surface area contributed by atoms with E-state index >= 15 is 0 Å². The summed E-state index contributed by atoms with van der Waals surface area (Å²) in [4.78, 5) is 29.2. The molecule has 0 amide bonds. The third kappa shape index (κ3) is 3.47. The number of fused-ring (bicyclic) bond motifs is 1. The fraction of sp³-hybridized carbons (Fsp3) is 0.471. The number of para-hydroxylation sites is 1. The molecular weight excluding hydrogens is 328 g/mol. The van der Waals surface area contributed by atoms with Crippen molar-refractivity contribution in [2.45, 2.75) is 42.8 Å². The highest BCUT2D eigenvalue weighted by Gasteiger charge is 2.23. The molecule has 1 fully saturated rings. The van der Waals surface area contributed by atoms with Crippen LogP contribution in [-0.4, -0.2) is 40.6 Å². The van der Waals surface area contributed by atoms with Crippen LogP contribution in [-0.2, 0) is 20.8 Å². The zero-order valence-electron chi connectivity index (χ0n) is 13.7. The van der Waals surface area contributed by atoms with Crippen LogP contribution in [0.4, 0.5) is 0 Å². The second-order valence-electron chi connectivity index (χ2n) is 5.75. The van der Waals surface area contributed by atoms with Crippen molar-refractivity contribution in [3.8, 4) is 0 Å². The standard InChI is InChI=1S/C17H20N2O4S/c1-11(16(21)22-2)24-17-18-14-8-4-3-7-13(14)15(20)19(17)10-12-6-5-9-23-12/h3-4,7-8,11-12H,5-6,9-10H2,1-2H3/t11-,12-/m1/s1. The van der Waals surface area contributed by atoms with E-state index in [0.29, 0.717) is 22.6 Å². The summed E-state index contributed by atoms with van der Waals surface area (Å²) in [7, 11) is 1.35. The number of hydrogen-bond donors (Lipinski definition) is 0. The Morgan fingerprint density at radius 1 is 1.50 bits per heavy atom. The van der Waals surface area contributed by atoms with Crippen molar-refractivity contribution < 1.29 is 14.3 Å². The van der Waals surface area contributed by atoms with Crippen molar-refractivity contribution >= 4 is 28.6 Å². The summed E-state index contributed by atoms with van der Waals surface area (Å²) >= 11 is 1.24. The van der Waals surface area contributed by atoms with Gasteiger partial charge in [-0.05, 0) is 31.9 Å². The van der Waals surface area contributed by atoms with Crippen LogP contribution in [0.1, 0.15) is 19.8 Å². The lowest BCUT2D eigenvalue weighted by molar-refractivity contribution is -0.139. The average molecular weight is 348 g/mol. The van der Waals surface area contributed by atoms with Gasteiger partial charge in [0, 0.05) is 6.61 Å². The summed E-state index contributed by atoms with van der Waals surface area (Å²) < 4.78 is 12.1. The zero-order valence-corrected chi connectivity index (χ0v) is 14.5. The van der Waals surface area contributed by atoms with Crippen molar-refractivity contribution in [3.63, 3.8) is 0 Å². The molecule has 24 heavy (non-hydrogen) atoms. The predicted molar refractivity (Wildman–Crippen MR) is 92.3 cm³/mol. The summed E-state index contributed by atoms with van der Waals surface area (Å²) in [6.07, 6.45) is 1.94. The van der Waals surface area contributed by atoms with Crippen molar-refractivity contribution in [2.75, 3.05) is 13.7 Å². The van der Waals surface area contributed by atoms with Crippen LogP contribution < -0.4 is 5.56 Å². The molecule has 2 aromatic rings. The molecule has 2 atom stereocenters. The lowest BCUT2D eigenvalue weighted by atomic mass is 10.2. The fourth-order valence-corrected chi connectivity index (χ4v) is 3.71. The number of esters is 1. The average Bonchev–Trinajstić information content (AvgIpc) is 3.10. The van der Waals surface area contributed by atoms with Gasteiger partial charge in [0.1, 0.15) is 5.25 Å². The number of thioether (sulfide) groups is 1. The van der Waals surface area contributed by atoms with Gasteiger partial charge in [0.25, 0.3) is 5.56 Å². The molecular formula is C17H20N2O4S. The molecule has 1 saturated heterocycles. The number of ether oxygens (including phenoxy) is 2. The number of aromatic nitrogens is 2. The minimum Gasteiger partial charge on any atom is -0.468 e. The normalized spacial score (nSPS) is 18.7. The highest BCUT2D eigenvalue weighted by molar-refractivity contribution is 8.00. The predicted octanol–water partition coefficient (Wildman–Crippen LogP) is 2.23. The van der Waals surface area contributed by atoms with Crippen molar-refractivity contribution in [2.24, 2.45) is 0 Å². The Kier molecular flexibility index (Phi) is 5.20. The molecule has 0 aliphatic carbocycles. The van der Waals surface area contributed by atoms with Gasteiger partial charge in [-0.15, -0.1) is 0 Å². The molecule has 0 radical (unpaired) electrons. The van der Waals surface area contributed by atoms with Gasteiger partial charge in [-0.1, -0.05) is 23.9 Å². The minimum absolute atomic E-state index is 0.0124. The Hall–Kier alpha value is -1.86. The summed E-state index contributed by atoms with van der Waals surface area (Å²) in [6, 6.07) is 7.25. The summed E-state index contributed by atoms with van der Waals surface area (Å²) in [5.41, 5.74) is 0.529. The quantitative estimate of drug-likeness (QED) is 0.469. The van der Waals surface area contributed by atoms with E-state index in [4.69, 9.17) is 9.47 Å². The highest BCUT2D eigenvalue weighted by atomic mass is 32.2. The lowest BCUT2D eigenvalue weighted by Gasteiger charge is -2.17. The van der Waals surface area contributed by atoms with Crippen LogP contribution in [0.2, 0.25) is 0 Å². The summed E-state index contributed by atoms with van der Waals surface area (Å²) in [5, 5.41) is 0.650. The van der Waals surface area contributed by atoms with Crippen molar-refractivity contribution in [3.05, 3.63) is 34.6 Å².